The van der Waals surface area contributed by atoms with Crippen LogP contribution in [0.3, 0.4) is 0 Å². The van der Waals surface area contributed by atoms with Crippen LogP contribution in [0.15, 0.2) is 12.2 Å². The van der Waals surface area contributed by atoms with E-state index in [4.69, 9.17) is 9.47 Å². The van der Waals surface area contributed by atoms with Crippen molar-refractivity contribution >= 4 is 5.97 Å². The van der Waals surface area contributed by atoms with Crippen LogP contribution in [0.4, 0.5) is 0 Å². The van der Waals surface area contributed by atoms with E-state index in [-0.39, 0.29) is 17.2 Å². The van der Waals surface area contributed by atoms with Crippen LogP contribution in [-0.4, -0.2) is 35.0 Å². The molecule has 4 aliphatic carbocycles. The van der Waals surface area contributed by atoms with Gasteiger partial charge in [0.25, 0.3) is 0 Å². The second kappa shape index (κ2) is 5.64. The Morgan fingerprint density at radius 2 is 1.86 bits per heavy atom. The van der Waals surface area contributed by atoms with Crippen molar-refractivity contribution in [1.82, 2.24) is 0 Å². The maximum atomic E-state index is 12.0. The van der Waals surface area contributed by atoms with Crippen LogP contribution in [0.2, 0.25) is 0 Å². The van der Waals surface area contributed by atoms with Gasteiger partial charge >= 0.3 is 5.97 Å². The Kier molecular flexibility index (Phi) is 4.11. The van der Waals surface area contributed by atoms with Crippen LogP contribution < -0.4 is 0 Å². The smallest absolute Gasteiger partial charge is 0.333 e. The van der Waals surface area contributed by atoms with Gasteiger partial charge in [0.2, 0.25) is 0 Å². The zero-order valence-corrected chi connectivity index (χ0v) is 13.8. The predicted octanol–water partition coefficient (Wildman–Crippen LogP) is 2.98. The first-order chi connectivity index (χ1) is 10.4. The number of hydrogen-bond acceptors (Lipinski definition) is 4. The highest BCUT2D eigenvalue weighted by Gasteiger charge is 2.60. The standard InChI is InChI=1S/C18H28O4/c1-4-15(19)10-21-17-6-13-5-14(7-17)9-18(8-13,11-17)22-16(20)12(2)3/h13-15,19H,2,4-11H2,1,3H3. The highest BCUT2D eigenvalue weighted by molar-refractivity contribution is 5.87. The summed E-state index contributed by atoms with van der Waals surface area (Å²) in [6.45, 7) is 7.75. The van der Waals surface area contributed by atoms with E-state index in [1.165, 1.54) is 6.42 Å². The molecule has 4 fully saturated rings. The zero-order chi connectivity index (χ0) is 16.0. The van der Waals surface area contributed by atoms with E-state index >= 15 is 0 Å². The first-order valence-corrected chi connectivity index (χ1v) is 8.56. The van der Waals surface area contributed by atoms with Crippen molar-refractivity contribution in [1.29, 1.82) is 0 Å². The van der Waals surface area contributed by atoms with Crippen LogP contribution in [0, 0.1) is 11.8 Å². The molecule has 0 saturated heterocycles. The molecule has 0 aliphatic heterocycles. The number of aliphatic hydroxyl groups excluding tert-OH is 1. The molecular formula is C18H28O4. The molecule has 22 heavy (non-hydrogen) atoms. The number of ether oxygens (including phenoxy) is 2. The lowest BCUT2D eigenvalue weighted by atomic mass is 9.52. The molecule has 3 unspecified atom stereocenters. The summed E-state index contributed by atoms with van der Waals surface area (Å²) < 4.78 is 12.1. The number of esters is 1. The minimum Gasteiger partial charge on any atom is -0.456 e. The molecule has 4 bridgehead atoms. The van der Waals surface area contributed by atoms with Gasteiger partial charge in [0.05, 0.1) is 18.3 Å². The molecule has 4 saturated carbocycles. The topological polar surface area (TPSA) is 55.8 Å². The van der Waals surface area contributed by atoms with Crippen molar-refractivity contribution in [3.63, 3.8) is 0 Å². The summed E-state index contributed by atoms with van der Waals surface area (Å²) in [4.78, 5) is 12.0. The quantitative estimate of drug-likeness (QED) is 0.605. The molecule has 0 spiro atoms. The van der Waals surface area contributed by atoms with Crippen molar-refractivity contribution < 1.29 is 19.4 Å². The molecule has 4 heteroatoms. The second-order valence-electron chi connectivity index (χ2n) is 7.87. The fraction of sp³-hybridized carbons (Fsp3) is 0.833. The Morgan fingerprint density at radius 3 is 2.41 bits per heavy atom. The Balaban J connectivity index is 1.75. The summed E-state index contributed by atoms with van der Waals surface area (Å²) in [5.41, 5.74) is -0.0977. The lowest BCUT2D eigenvalue weighted by Gasteiger charge is -2.60. The maximum absolute atomic E-state index is 12.0. The third-order valence-electron chi connectivity index (χ3n) is 5.66. The summed E-state index contributed by atoms with van der Waals surface area (Å²) in [6, 6.07) is 0. The molecule has 0 aromatic heterocycles. The molecule has 1 N–H and O–H groups in total. The van der Waals surface area contributed by atoms with Crippen LogP contribution in [0.25, 0.3) is 0 Å². The van der Waals surface area contributed by atoms with Gasteiger partial charge in [-0.15, -0.1) is 0 Å². The molecule has 0 amide bonds. The van der Waals surface area contributed by atoms with Crippen molar-refractivity contribution in [3.05, 3.63) is 12.2 Å². The van der Waals surface area contributed by atoms with Crippen molar-refractivity contribution in [2.75, 3.05) is 6.61 Å². The lowest BCUT2D eigenvalue weighted by Crippen LogP contribution is -2.61. The normalized spacial score (nSPS) is 40.5. The first kappa shape index (κ1) is 16.0. The number of carbonyl (C=O) groups excluding carboxylic acids is 1. The first-order valence-electron chi connectivity index (χ1n) is 8.56. The van der Waals surface area contributed by atoms with Gasteiger partial charge in [-0.1, -0.05) is 13.5 Å². The van der Waals surface area contributed by atoms with Gasteiger partial charge in [-0.25, -0.2) is 4.79 Å². The van der Waals surface area contributed by atoms with Gasteiger partial charge in [-0.2, -0.15) is 0 Å². The summed E-state index contributed by atoms with van der Waals surface area (Å²) in [6.07, 6.45) is 6.34. The molecule has 0 aromatic carbocycles. The molecule has 4 rings (SSSR count). The average Bonchev–Trinajstić information content (AvgIpc) is 2.42. The van der Waals surface area contributed by atoms with E-state index in [0.29, 0.717) is 30.4 Å². The van der Waals surface area contributed by atoms with E-state index in [1.54, 1.807) is 6.92 Å². The molecule has 0 aromatic rings. The lowest BCUT2D eigenvalue weighted by molar-refractivity contribution is -0.236. The zero-order valence-electron chi connectivity index (χ0n) is 13.8. The Morgan fingerprint density at radius 1 is 1.27 bits per heavy atom. The van der Waals surface area contributed by atoms with Crippen LogP contribution in [0.5, 0.6) is 0 Å². The van der Waals surface area contributed by atoms with Gasteiger partial charge < -0.3 is 14.6 Å². The number of rotatable bonds is 6. The highest BCUT2D eigenvalue weighted by atomic mass is 16.6. The number of hydrogen-bond donors (Lipinski definition) is 1. The van der Waals surface area contributed by atoms with E-state index < -0.39 is 6.10 Å². The van der Waals surface area contributed by atoms with Crippen molar-refractivity contribution in [2.24, 2.45) is 11.8 Å². The van der Waals surface area contributed by atoms with E-state index in [9.17, 15) is 9.90 Å². The third kappa shape index (κ3) is 2.95. The molecule has 0 heterocycles. The molecule has 0 radical (unpaired) electrons. The molecule has 124 valence electrons. The Labute approximate surface area is 132 Å². The summed E-state index contributed by atoms with van der Waals surface area (Å²) in [5, 5.41) is 9.82. The molecule has 4 nitrogen and oxygen atoms in total. The summed E-state index contributed by atoms with van der Waals surface area (Å²) in [7, 11) is 0. The van der Waals surface area contributed by atoms with Crippen LogP contribution >= 0.6 is 0 Å². The van der Waals surface area contributed by atoms with Gasteiger partial charge in [0, 0.05) is 12.0 Å². The molecular weight excluding hydrogens is 280 g/mol. The Bertz CT molecular complexity index is 456. The van der Waals surface area contributed by atoms with E-state index in [0.717, 1.165) is 32.1 Å². The minimum atomic E-state index is -0.401. The van der Waals surface area contributed by atoms with Crippen molar-refractivity contribution in [3.8, 4) is 0 Å². The Hall–Kier alpha value is -0.870. The molecule has 4 aliphatic rings. The monoisotopic (exact) mass is 308 g/mol. The largest absolute Gasteiger partial charge is 0.456 e. The number of carbonyl (C=O) groups is 1. The van der Waals surface area contributed by atoms with E-state index in [2.05, 4.69) is 6.58 Å². The average molecular weight is 308 g/mol. The van der Waals surface area contributed by atoms with Crippen molar-refractivity contribution in [2.45, 2.75) is 76.1 Å². The van der Waals surface area contributed by atoms with Gasteiger partial charge in [-0.3, -0.25) is 0 Å². The van der Waals surface area contributed by atoms with Crippen LogP contribution in [-0.2, 0) is 14.3 Å². The maximum Gasteiger partial charge on any atom is 0.333 e. The molecule has 3 atom stereocenters. The second-order valence-corrected chi connectivity index (χ2v) is 7.87. The fourth-order valence-corrected chi connectivity index (χ4v) is 5.06. The SMILES string of the molecule is C=C(C)C(=O)OC12CC3CC(CC(OCC(O)CC)(C3)C1)C2. The van der Waals surface area contributed by atoms with Gasteiger partial charge in [-0.05, 0) is 57.3 Å². The minimum absolute atomic E-state index is 0.199. The third-order valence-corrected chi connectivity index (χ3v) is 5.66. The highest BCUT2D eigenvalue weighted by Crippen LogP contribution is 2.60. The fourth-order valence-electron chi connectivity index (χ4n) is 5.06. The predicted molar refractivity (Wildman–Crippen MR) is 83.3 cm³/mol. The van der Waals surface area contributed by atoms with Gasteiger partial charge in [0.1, 0.15) is 5.60 Å². The summed E-state index contributed by atoms with van der Waals surface area (Å²) >= 11 is 0. The van der Waals surface area contributed by atoms with Crippen LogP contribution in [0.1, 0.15) is 58.8 Å². The number of aliphatic hydroxyl groups is 1. The van der Waals surface area contributed by atoms with E-state index in [1.807, 2.05) is 6.92 Å². The summed E-state index contributed by atoms with van der Waals surface area (Å²) in [5.74, 6) is 0.890. The van der Waals surface area contributed by atoms with Gasteiger partial charge in [0.15, 0.2) is 0 Å².